The molecule has 5 heteroatoms. The van der Waals surface area contributed by atoms with E-state index in [4.69, 9.17) is 5.26 Å². The van der Waals surface area contributed by atoms with Crippen LogP contribution in [0.15, 0.2) is 42.6 Å². The van der Waals surface area contributed by atoms with Gasteiger partial charge in [0.1, 0.15) is 11.8 Å². The van der Waals surface area contributed by atoms with Crippen LogP contribution in [0, 0.1) is 11.3 Å². The normalized spacial score (nSPS) is 9.60. The quantitative estimate of drug-likeness (QED) is 0.891. The summed E-state index contributed by atoms with van der Waals surface area (Å²) < 4.78 is 0. The Morgan fingerprint density at radius 1 is 1.30 bits per heavy atom. The number of para-hydroxylation sites is 1. The highest BCUT2D eigenvalue weighted by Gasteiger charge is 2.09. The number of benzene rings is 1. The van der Waals surface area contributed by atoms with Gasteiger partial charge in [-0.05, 0) is 31.2 Å². The third kappa shape index (κ3) is 3.12. The van der Waals surface area contributed by atoms with Gasteiger partial charge in [-0.25, -0.2) is 4.98 Å². The summed E-state index contributed by atoms with van der Waals surface area (Å²) in [7, 11) is 0. The van der Waals surface area contributed by atoms with Gasteiger partial charge in [0.15, 0.2) is 0 Å². The molecule has 1 heterocycles. The van der Waals surface area contributed by atoms with Crippen LogP contribution >= 0.6 is 0 Å². The number of hydrogen-bond donors (Lipinski definition) is 2. The van der Waals surface area contributed by atoms with E-state index in [1.807, 2.05) is 13.0 Å². The van der Waals surface area contributed by atoms with Crippen molar-refractivity contribution in [1.82, 2.24) is 4.98 Å². The number of anilines is 2. The zero-order valence-electron chi connectivity index (χ0n) is 11.1. The lowest BCUT2D eigenvalue weighted by Crippen LogP contribution is -2.14. The third-order valence-corrected chi connectivity index (χ3v) is 2.67. The number of nitrogens with zero attached hydrogens (tertiary/aromatic N) is 2. The van der Waals surface area contributed by atoms with E-state index in [0.717, 1.165) is 12.2 Å². The van der Waals surface area contributed by atoms with Crippen LogP contribution in [0.5, 0.6) is 0 Å². The first-order valence-corrected chi connectivity index (χ1v) is 6.25. The Balaban J connectivity index is 2.14. The van der Waals surface area contributed by atoms with Crippen molar-refractivity contribution in [3.05, 3.63) is 53.9 Å². The molecule has 2 N–H and O–H groups in total. The summed E-state index contributed by atoms with van der Waals surface area (Å²) in [5.74, 6) is -0.337. The number of amides is 1. The van der Waals surface area contributed by atoms with E-state index in [1.165, 1.54) is 0 Å². The molecule has 0 radical (unpaired) electrons. The Bertz CT molecular complexity index is 644. The Hall–Kier alpha value is -2.87. The SMILES string of the molecule is CCNc1ccc(C(=O)Nc2ccccc2C#N)nc1. The first-order chi connectivity index (χ1) is 9.74. The molecule has 0 atom stereocenters. The van der Waals surface area contributed by atoms with Gasteiger partial charge in [-0.3, -0.25) is 4.79 Å². The predicted molar refractivity (Wildman–Crippen MR) is 77.5 cm³/mol. The van der Waals surface area contributed by atoms with Crippen LogP contribution in [-0.2, 0) is 0 Å². The lowest BCUT2D eigenvalue weighted by atomic mass is 10.2. The molecule has 0 unspecified atom stereocenters. The second-order valence-corrected chi connectivity index (χ2v) is 4.07. The van der Waals surface area contributed by atoms with Gasteiger partial charge in [-0.15, -0.1) is 0 Å². The van der Waals surface area contributed by atoms with Crippen molar-refractivity contribution in [2.24, 2.45) is 0 Å². The minimum absolute atomic E-state index is 0.305. The zero-order chi connectivity index (χ0) is 14.4. The van der Waals surface area contributed by atoms with Crippen LogP contribution in [0.1, 0.15) is 23.0 Å². The molecular formula is C15H14N4O. The number of carbonyl (C=O) groups excluding carboxylic acids is 1. The molecular weight excluding hydrogens is 252 g/mol. The summed E-state index contributed by atoms with van der Waals surface area (Å²) in [6, 6.07) is 12.3. The second-order valence-electron chi connectivity index (χ2n) is 4.07. The number of carbonyl (C=O) groups is 1. The van der Waals surface area contributed by atoms with Gasteiger partial charge >= 0.3 is 0 Å². The van der Waals surface area contributed by atoms with E-state index in [2.05, 4.69) is 15.6 Å². The molecule has 0 aliphatic heterocycles. The molecule has 0 bridgehead atoms. The van der Waals surface area contributed by atoms with E-state index >= 15 is 0 Å². The number of nitriles is 1. The van der Waals surface area contributed by atoms with Gasteiger partial charge in [-0.2, -0.15) is 5.26 Å². The molecule has 0 fully saturated rings. The molecule has 0 saturated heterocycles. The minimum atomic E-state index is -0.337. The first-order valence-electron chi connectivity index (χ1n) is 6.25. The smallest absolute Gasteiger partial charge is 0.274 e. The van der Waals surface area contributed by atoms with Gasteiger partial charge in [0.25, 0.3) is 5.91 Å². The molecule has 0 spiro atoms. The topological polar surface area (TPSA) is 77.8 Å². The van der Waals surface area contributed by atoms with Crippen molar-refractivity contribution in [1.29, 1.82) is 5.26 Å². The number of nitrogens with one attached hydrogen (secondary N) is 2. The van der Waals surface area contributed by atoms with Crippen molar-refractivity contribution >= 4 is 17.3 Å². The third-order valence-electron chi connectivity index (χ3n) is 2.67. The largest absolute Gasteiger partial charge is 0.384 e. The standard InChI is InChI=1S/C15H14N4O/c1-2-17-12-7-8-14(18-10-12)15(20)19-13-6-4-3-5-11(13)9-16/h3-8,10,17H,2H2,1H3,(H,19,20). The van der Waals surface area contributed by atoms with E-state index in [-0.39, 0.29) is 5.91 Å². The lowest BCUT2D eigenvalue weighted by molar-refractivity contribution is 0.102. The maximum absolute atomic E-state index is 12.0. The Kier molecular flexibility index (Phi) is 4.30. The van der Waals surface area contributed by atoms with Crippen molar-refractivity contribution in [2.75, 3.05) is 17.2 Å². The average molecular weight is 266 g/mol. The van der Waals surface area contributed by atoms with Crippen molar-refractivity contribution < 1.29 is 4.79 Å². The maximum Gasteiger partial charge on any atom is 0.274 e. The number of pyridine rings is 1. The lowest BCUT2D eigenvalue weighted by Gasteiger charge is -2.07. The number of rotatable bonds is 4. The fourth-order valence-corrected chi connectivity index (χ4v) is 1.71. The molecule has 0 aliphatic carbocycles. The van der Waals surface area contributed by atoms with Crippen LogP contribution in [0.25, 0.3) is 0 Å². The van der Waals surface area contributed by atoms with Crippen molar-refractivity contribution in [3.63, 3.8) is 0 Å². The number of aromatic nitrogens is 1. The molecule has 1 aromatic carbocycles. The Morgan fingerprint density at radius 3 is 2.75 bits per heavy atom. The molecule has 0 aliphatic rings. The zero-order valence-corrected chi connectivity index (χ0v) is 11.1. The van der Waals surface area contributed by atoms with E-state index in [1.54, 1.807) is 42.6 Å². The van der Waals surface area contributed by atoms with E-state index in [9.17, 15) is 4.79 Å². The van der Waals surface area contributed by atoms with Crippen LogP contribution in [0.4, 0.5) is 11.4 Å². The molecule has 1 aromatic heterocycles. The Morgan fingerprint density at radius 2 is 2.10 bits per heavy atom. The highest BCUT2D eigenvalue weighted by molar-refractivity contribution is 6.03. The van der Waals surface area contributed by atoms with Gasteiger partial charge in [0.05, 0.1) is 23.1 Å². The van der Waals surface area contributed by atoms with Crippen LogP contribution in [-0.4, -0.2) is 17.4 Å². The van der Waals surface area contributed by atoms with Gasteiger partial charge in [-0.1, -0.05) is 12.1 Å². The molecule has 0 saturated carbocycles. The maximum atomic E-state index is 12.0. The summed E-state index contributed by atoms with van der Waals surface area (Å²) in [5.41, 5.74) is 2.07. The molecule has 5 nitrogen and oxygen atoms in total. The first kappa shape index (κ1) is 13.6. The minimum Gasteiger partial charge on any atom is -0.384 e. The highest BCUT2D eigenvalue weighted by Crippen LogP contribution is 2.15. The predicted octanol–water partition coefficient (Wildman–Crippen LogP) is 2.64. The summed E-state index contributed by atoms with van der Waals surface area (Å²) >= 11 is 0. The molecule has 1 amide bonds. The van der Waals surface area contributed by atoms with Crippen LogP contribution < -0.4 is 10.6 Å². The van der Waals surface area contributed by atoms with Crippen LogP contribution in [0.3, 0.4) is 0 Å². The summed E-state index contributed by atoms with van der Waals surface area (Å²) in [6.45, 7) is 2.78. The summed E-state index contributed by atoms with van der Waals surface area (Å²) in [5, 5.41) is 14.8. The monoisotopic (exact) mass is 266 g/mol. The van der Waals surface area contributed by atoms with Gasteiger partial charge < -0.3 is 10.6 Å². The number of hydrogen-bond acceptors (Lipinski definition) is 4. The highest BCUT2D eigenvalue weighted by atomic mass is 16.1. The fraction of sp³-hybridized carbons (Fsp3) is 0.133. The second kappa shape index (κ2) is 6.34. The fourth-order valence-electron chi connectivity index (χ4n) is 1.71. The van der Waals surface area contributed by atoms with Crippen LogP contribution in [0.2, 0.25) is 0 Å². The average Bonchev–Trinajstić information content (AvgIpc) is 2.49. The molecule has 100 valence electrons. The molecule has 20 heavy (non-hydrogen) atoms. The summed E-state index contributed by atoms with van der Waals surface area (Å²) in [6.07, 6.45) is 1.61. The van der Waals surface area contributed by atoms with E-state index < -0.39 is 0 Å². The summed E-state index contributed by atoms with van der Waals surface area (Å²) in [4.78, 5) is 16.1. The Labute approximate surface area is 117 Å². The van der Waals surface area contributed by atoms with Crippen molar-refractivity contribution in [2.45, 2.75) is 6.92 Å². The van der Waals surface area contributed by atoms with Gasteiger partial charge in [0.2, 0.25) is 0 Å². The van der Waals surface area contributed by atoms with E-state index in [0.29, 0.717) is 16.9 Å². The molecule has 2 aromatic rings. The van der Waals surface area contributed by atoms with Crippen molar-refractivity contribution in [3.8, 4) is 6.07 Å². The van der Waals surface area contributed by atoms with Gasteiger partial charge in [0, 0.05) is 6.54 Å². The molecule has 2 rings (SSSR count).